The van der Waals surface area contributed by atoms with Crippen LogP contribution in [0, 0.1) is 0 Å². The molecule has 1 fully saturated rings. The number of halogens is 3. The summed E-state index contributed by atoms with van der Waals surface area (Å²) in [7, 11) is 0. The highest BCUT2D eigenvalue weighted by atomic mass is 35.5. The minimum absolute atomic E-state index is 0.0475. The summed E-state index contributed by atoms with van der Waals surface area (Å²) in [5.41, 5.74) is 1.45. The Morgan fingerprint density at radius 1 is 1.44 bits per heavy atom. The highest BCUT2D eigenvalue weighted by Crippen LogP contribution is 2.40. The van der Waals surface area contributed by atoms with Crippen LogP contribution in [-0.4, -0.2) is 48.9 Å². The Morgan fingerprint density at radius 2 is 2.28 bits per heavy atom. The molecule has 25 heavy (non-hydrogen) atoms. The summed E-state index contributed by atoms with van der Waals surface area (Å²) in [6.45, 7) is -0.666. The van der Waals surface area contributed by atoms with Gasteiger partial charge < -0.3 is 9.88 Å². The van der Waals surface area contributed by atoms with E-state index in [1.807, 2.05) is 6.07 Å². The maximum Gasteiger partial charge on any atom is 0.267 e. The minimum atomic E-state index is -2.99. The van der Waals surface area contributed by atoms with Crippen LogP contribution in [0.4, 0.5) is 8.78 Å². The zero-order chi connectivity index (χ0) is 17.6. The van der Waals surface area contributed by atoms with E-state index in [2.05, 4.69) is 25.6 Å². The lowest BCUT2D eigenvalue weighted by Crippen LogP contribution is -2.34. The molecule has 130 valence electrons. The Hall–Kier alpha value is -2.55. The van der Waals surface area contributed by atoms with E-state index >= 15 is 0 Å². The number of likely N-dealkylation sites (tertiary alicyclic amines) is 1. The number of carbonyl (C=O) groups is 1. The molecule has 1 aliphatic heterocycles. The van der Waals surface area contributed by atoms with E-state index in [1.165, 1.54) is 0 Å². The van der Waals surface area contributed by atoms with Crippen molar-refractivity contribution < 1.29 is 13.6 Å². The fourth-order valence-corrected chi connectivity index (χ4v) is 3.53. The first-order valence-electron chi connectivity index (χ1n) is 7.60. The molecule has 0 spiro atoms. The predicted molar refractivity (Wildman–Crippen MR) is 85.2 cm³/mol. The molecule has 1 amide bonds. The number of hydrogen-bond acceptors (Lipinski definition) is 4. The average molecular weight is 367 g/mol. The maximum atomic E-state index is 13.9. The van der Waals surface area contributed by atoms with Crippen molar-refractivity contribution in [1.82, 2.24) is 30.5 Å². The number of carbonyl (C=O) groups excluding carboxylic acids is 1. The van der Waals surface area contributed by atoms with Crippen LogP contribution in [0.3, 0.4) is 0 Å². The second kappa shape index (κ2) is 5.76. The summed E-state index contributed by atoms with van der Waals surface area (Å²) in [5.74, 6) is -3.34. The first-order valence-corrected chi connectivity index (χ1v) is 7.97. The van der Waals surface area contributed by atoms with Gasteiger partial charge in [0.25, 0.3) is 5.92 Å². The van der Waals surface area contributed by atoms with Crippen molar-refractivity contribution in [2.75, 3.05) is 6.54 Å². The SMILES string of the molecule is O=C(Cc1c[nH]c2cccc(Cl)c12)N1CC(F)(F)CC1c1nn[nH]n1. The van der Waals surface area contributed by atoms with Crippen molar-refractivity contribution in [3.8, 4) is 0 Å². The first-order chi connectivity index (χ1) is 11.9. The van der Waals surface area contributed by atoms with Gasteiger partial charge in [0.1, 0.15) is 6.04 Å². The average Bonchev–Trinajstić information content (AvgIpc) is 3.26. The number of hydrogen-bond donors (Lipinski definition) is 2. The van der Waals surface area contributed by atoms with E-state index in [1.54, 1.807) is 18.3 Å². The van der Waals surface area contributed by atoms with Gasteiger partial charge in [-0.15, -0.1) is 10.2 Å². The molecule has 1 unspecified atom stereocenters. The van der Waals surface area contributed by atoms with E-state index in [9.17, 15) is 13.6 Å². The van der Waals surface area contributed by atoms with Crippen LogP contribution in [0.2, 0.25) is 5.02 Å². The number of amides is 1. The van der Waals surface area contributed by atoms with Gasteiger partial charge in [-0.2, -0.15) is 5.21 Å². The van der Waals surface area contributed by atoms with Crippen molar-refractivity contribution >= 4 is 28.4 Å². The van der Waals surface area contributed by atoms with E-state index < -0.39 is 30.8 Å². The Bertz CT molecular complexity index is 925. The van der Waals surface area contributed by atoms with Gasteiger partial charge >= 0.3 is 0 Å². The molecular formula is C15H13ClF2N6O. The number of aromatic nitrogens is 5. The molecule has 10 heteroatoms. The van der Waals surface area contributed by atoms with Crippen LogP contribution in [0.5, 0.6) is 0 Å². The third-order valence-corrected chi connectivity index (χ3v) is 4.64. The second-order valence-corrected chi connectivity index (χ2v) is 6.43. The molecule has 0 saturated carbocycles. The molecule has 0 radical (unpaired) electrons. The molecule has 2 aromatic heterocycles. The topological polar surface area (TPSA) is 90.6 Å². The van der Waals surface area contributed by atoms with Crippen LogP contribution < -0.4 is 0 Å². The first kappa shape index (κ1) is 15.9. The molecule has 3 heterocycles. The third kappa shape index (κ3) is 2.84. The van der Waals surface area contributed by atoms with E-state index in [4.69, 9.17) is 11.6 Å². The number of fused-ring (bicyclic) bond motifs is 1. The van der Waals surface area contributed by atoms with Crippen LogP contribution in [0.1, 0.15) is 23.9 Å². The summed E-state index contributed by atoms with van der Waals surface area (Å²) in [6, 6.07) is 4.45. The standard InChI is InChI=1S/C15H13ClF2N6O/c16-9-2-1-3-10-13(9)8(6-19-10)4-12(25)24-7-15(17,18)5-11(24)14-20-22-23-21-14/h1-3,6,11,19H,4-5,7H2,(H,20,21,22,23). The van der Waals surface area contributed by atoms with Crippen LogP contribution in [0.25, 0.3) is 10.9 Å². The summed E-state index contributed by atoms with van der Waals surface area (Å²) in [4.78, 5) is 16.9. The molecule has 4 rings (SSSR count). The maximum absolute atomic E-state index is 13.9. The van der Waals surface area contributed by atoms with Crippen molar-refractivity contribution in [2.45, 2.75) is 24.8 Å². The number of rotatable bonds is 3. The summed E-state index contributed by atoms with van der Waals surface area (Å²) < 4.78 is 27.8. The van der Waals surface area contributed by atoms with Crippen molar-refractivity contribution in [2.24, 2.45) is 0 Å². The third-order valence-electron chi connectivity index (χ3n) is 4.33. The molecule has 2 N–H and O–H groups in total. The summed E-state index contributed by atoms with van der Waals surface area (Å²) in [6.07, 6.45) is 1.10. The Morgan fingerprint density at radius 3 is 3.04 bits per heavy atom. The van der Waals surface area contributed by atoms with Gasteiger partial charge in [0.15, 0.2) is 5.82 Å². The van der Waals surface area contributed by atoms with Crippen molar-refractivity contribution in [3.05, 3.63) is 40.8 Å². The number of nitrogens with one attached hydrogen (secondary N) is 2. The van der Waals surface area contributed by atoms with Gasteiger partial charge in [0.05, 0.1) is 18.0 Å². The Balaban J connectivity index is 1.63. The lowest BCUT2D eigenvalue weighted by molar-refractivity contribution is -0.132. The van der Waals surface area contributed by atoms with Gasteiger partial charge in [0.2, 0.25) is 5.91 Å². The lowest BCUT2D eigenvalue weighted by atomic mass is 10.1. The van der Waals surface area contributed by atoms with Crippen molar-refractivity contribution in [1.29, 1.82) is 0 Å². The molecule has 3 aromatic rings. The molecule has 0 aliphatic carbocycles. The fourth-order valence-electron chi connectivity index (χ4n) is 3.23. The summed E-state index contributed by atoms with van der Waals surface area (Å²) in [5, 5.41) is 14.4. The largest absolute Gasteiger partial charge is 0.361 e. The second-order valence-electron chi connectivity index (χ2n) is 6.02. The van der Waals surface area contributed by atoms with Gasteiger partial charge in [-0.3, -0.25) is 4.79 Å². The predicted octanol–water partition coefficient (Wildman–Crippen LogP) is 2.49. The molecular weight excluding hydrogens is 354 g/mol. The zero-order valence-electron chi connectivity index (χ0n) is 12.8. The summed E-state index contributed by atoms with van der Waals surface area (Å²) >= 11 is 6.20. The quantitative estimate of drug-likeness (QED) is 0.745. The minimum Gasteiger partial charge on any atom is -0.361 e. The van der Waals surface area contributed by atoms with Crippen LogP contribution in [-0.2, 0) is 11.2 Å². The molecule has 1 saturated heterocycles. The van der Waals surface area contributed by atoms with E-state index in [0.29, 0.717) is 10.6 Å². The Labute approximate surface area is 145 Å². The molecule has 1 aliphatic rings. The van der Waals surface area contributed by atoms with Gasteiger partial charge in [-0.1, -0.05) is 22.9 Å². The molecule has 7 nitrogen and oxygen atoms in total. The number of alkyl halides is 2. The van der Waals surface area contributed by atoms with Gasteiger partial charge in [-0.05, 0) is 17.7 Å². The number of aromatic amines is 2. The van der Waals surface area contributed by atoms with Crippen LogP contribution >= 0.6 is 11.6 Å². The van der Waals surface area contributed by atoms with Gasteiger partial charge in [0, 0.05) is 23.5 Å². The number of tetrazole rings is 1. The Kier molecular flexibility index (Phi) is 3.68. The molecule has 0 bridgehead atoms. The van der Waals surface area contributed by atoms with Crippen molar-refractivity contribution in [3.63, 3.8) is 0 Å². The lowest BCUT2D eigenvalue weighted by Gasteiger charge is -2.21. The highest BCUT2D eigenvalue weighted by Gasteiger charge is 2.49. The van der Waals surface area contributed by atoms with Gasteiger partial charge in [-0.25, -0.2) is 8.78 Å². The smallest absolute Gasteiger partial charge is 0.267 e. The zero-order valence-corrected chi connectivity index (χ0v) is 13.6. The van der Waals surface area contributed by atoms with E-state index in [-0.39, 0.29) is 12.2 Å². The van der Waals surface area contributed by atoms with Crippen LogP contribution in [0.15, 0.2) is 24.4 Å². The normalized spacial score (nSPS) is 19.6. The monoisotopic (exact) mass is 366 g/mol. The van der Waals surface area contributed by atoms with E-state index in [0.717, 1.165) is 15.8 Å². The number of benzene rings is 1. The number of nitrogens with zero attached hydrogens (tertiary/aromatic N) is 4. The highest BCUT2D eigenvalue weighted by molar-refractivity contribution is 6.35. The number of H-pyrrole nitrogens is 2. The molecule has 1 aromatic carbocycles. The fraction of sp³-hybridized carbons (Fsp3) is 0.333. The molecule has 1 atom stereocenters.